The zero-order valence-electron chi connectivity index (χ0n) is 12.0. The van der Waals surface area contributed by atoms with Crippen molar-refractivity contribution in [2.75, 3.05) is 13.7 Å². The molecule has 0 spiro atoms. The van der Waals surface area contributed by atoms with Gasteiger partial charge >= 0.3 is 15.4 Å². The Hall–Kier alpha value is -1.36. The highest BCUT2D eigenvalue weighted by Crippen LogP contribution is 2.58. The minimum Gasteiger partial charge on any atom is -0.479 e. The Labute approximate surface area is 132 Å². The predicted molar refractivity (Wildman–Crippen MR) is 77.5 cm³/mol. The van der Waals surface area contributed by atoms with Gasteiger partial charge in [-0.1, -0.05) is 0 Å². The van der Waals surface area contributed by atoms with Gasteiger partial charge in [-0.05, 0) is 0 Å². The Kier molecular flexibility index (Phi) is 3.52. The second-order valence-corrected chi connectivity index (χ2v) is 6.79. The molecule has 0 amide bonds. The van der Waals surface area contributed by atoms with Crippen LogP contribution in [0.2, 0.25) is 0 Å². The highest BCUT2D eigenvalue weighted by atomic mass is 31.2. The van der Waals surface area contributed by atoms with Gasteiger partial charge in [-0.15, -0.1) is 0 Å². The molecule has 23 heavy (non-hydrogen) atoms. The highest BCUT2D eigenvalue weighted by molar-refractivity contribution is 7.85. The summed E-state index contributed by atoms with van der Waals surface area (Å²) in [4.78, 5) is 22.0. The molecule has 4 heterocycles. The molecule has 12 heteroatoms. The maximum absolute atomic E-state index is 10.5. The van der Waals surface area contributed by atoms with Gasteiger partial charge in [0.25, 0.3) is 0 Å². The van der Waals surface area contributed by atoms with E-state index in [1.165, 1.54) is 19.8 Å². The lowest BCUT2D eigenvalue weighted by Crippen LogP contribution is -2.40. The first-order valence-corrected chi connectivity index (χ1v) is 8.43. The van der Waals surface area contributed by atoms with Crippen molar-refractivity contribution in [1.82, 2.24) is 19.5 Å². The summed E-state index contributed by atoms with van der Waals surface area (Å²) < 4.78 is 22.7. The predicted octanol–water partition coefficient (Wildman–Crippen LogP) is -0.653. The van der Waals surface area contributed by atoms with Crippen molar-refractivity contribution in [2.24, 2.45) is 0 Å². The minimum absolute atomic E-state index is 0.0317. The van der Waals surface area contributed by atoms with E-state index in [4.69, 9.17) is 26.1 Å². The number of nitrogens with zero attached hydrogens (tertiary/aromatic N) is 4. The van der Waals surface area contributed by atoms with E-state index in [1.807, 2.05) is 0 Å². The molecule has 2 radical (unpaired) electrons. The monoisotopic (exact) mass is 339 g/mol. The number of ether oxygens (including phenoxy) is 2. The average Bonchev–Trinajstić information content (AvgIpc) is 3.08. The van der Waals surface area contributed by atoms with Crippen LogP contribution in [0.1, 0.15) is 6.23 Å². The molecule has 4 rings (SSSR count). The third-order valence-electron chi connectivity index (χ3n) is 3.80. The molecule has 2 aromatic rings. The van der Waals surface area contributed by atoms with Crippen molar-refractivity contribution in [3.05, 3.63) is 12.7 Å². The molecule has 2 aliphatic rings. The standard InChI is InChI=1S/C11H13BN4O6P/c1-19-10-6-9(13-3-14-10)16(4-15-6)11-7(17)8-5(21-11)2-20-23(12,18)22-8/h3-5,7-8,11,17-18H,2H2,1H3/q+1/t5-,7-,8-,11-,23?/m1/s1. The highest BCUT2D eigenvalue weighted by Gasteiger charge is 2.56. The third-order valence-corrected chi connectivity index (χ3v) is 4.86. The number of aromatic nitrogens is 4. The summed E-state index contributed by atoms with van der Waals surface area (Å²) in [5, 5.41) is 10.5. The first kappa shape index (κ1) is 15.2. The molecule has 5 atom stereocenters. The number of imidazole rings is 1. The number of hydrogen-bond acceptors (Lipinski definition) is 9. The first-order valence-electron chi connectivity index (χ1n) is 6.78. The topological polar surface area (TPSA) is 121 Å². The van der Waals surface area contributed by atoms with Crippen LogP contribution in [0.4, 0.5) is 0 Å². The molecule has 0 bridgehead atoms. The van der Waals surface area contributed by atoms with E-state index in [2.05, 4.69) is 15.0 Å². The summed E-state index contributed by atoms with van der Waals surface area (Å²) in [7, 11) is 3.55. The van der Waals surface area contributed by atoms with E-state index < -0.39 is 32.4 Å². The third kappa shape index (κ3) is 2.40. The lowest BCUT2D eigenvalue weighted by molar-refractivity contribution is -0.0603. The lowest BCUT2D eigenvalue weighted by Gasteiger charge is -2.27. The van der Waals surface area contributed by atoms with Crippen molar-refractivity contribution in [1.29, 1.82) is 0 Å². The summed E-state index contributed by atoms with van der Waals surface area (Å²) in [6, 6.07) is 0. The Balaban J connectivity index is 1.69. The normalized spacial score (nSPS) is 37.0. The van der Waals surface area contributed by atoms with Crippen LogP contribution in [0, 0.1) is 0 Å². The fourth-order valence-corrected chi connectivity index (χ4v) is 3.80. The molecule has 120 valence electrons. The smallest absolute Gasteiger partial charge is 0.479 e. The van der Waals surface area contributed by atoms with Crippen molar-refractivity contribution in [2.45, 2.75) is 24.5 Å². The number of fused-ring (bicyclic) bond motifs is 2. The quantitative estimate of drug-likeness (QED) is 0.543. The van der Waals surface area contributed by atoms with Gasteiger partial charge < -0.3 is 14.6 Å². The van der Waals surface area contributed by atoms with Gasteiger partial charge in [0.15, 0.2) is 23.5 Å². The fourth-order valence-electron chi connectivity index (χ4n) is 2.76. The number of hydrogen-bond donors (Lipinski definition) is 2. The van der Waals surface area contributed by atoms with Crippen LogP contribution in [0.3, 0.4) is 0 Å². The van der Waals surface area contributed by atoms with Crippen LogP contribution in [0.5, 0.6) is 5.88 Å². The first-order chi connectivity index (χ1) is 11.0. The SMILES string of the molecule is [B][P+]1(O)OC[C@H]2O[C@@H](n3cnc4c(OC)ncnc43)[C@H](O)[C@@H]2O1. The molecule has 2 N–H and O–H groups in total. The number of rotatable bonds is 2. The van der Waals surface area contributed by atoms with Crippen LogP contribution in [0.15, 0.2) is 12.7 Å². The maximum atomic E-state index is 10.5. The van der Waals surface area contributed by atoms with E-state index in [-0.39, 0.29) is 6.61 Å². The Morgan fingerprint density at radius 3 is 3.04 bits per heavy atom. The fraction of sp³-hybridized carbons (Fsp3) is 0.545. The van der Waals surface area contributed by atoms with Crippen LogP contribution in [-0.4, -0.2) is 69.1 Å². The van der Waals surface area contributed by atoms with E-state index in [0.29, 0.717) is 17.0 Å². The molecule has 2 saturated heterocycles. The maximum Gasteiger partial charge on any atom is 0.488 e. The van der Waals surface area contributed by atoms with Gasteiger partial charge in [0.1, 0.15) is 25.1 Å². The molecule has 10 nitrogen and oxygen atoms in total. The largest absolute Gasteiger partial charge is 0.488 e. The molecule has 0 aliphatic carbocycles. The van der Waals surface area contributed by atoms with Crippen molar-refractivity contribution in [3.63, 3.8) is 0 Å². The van der Waals surface area contributed by atoms with E-state index in [0.717, 1.165) is 0 Å². The Morgan fingerprint density at radius 1 is 1.43 bits per heavy atom. The van der Waals surface area contributed by atoms with Crippen LogP contribution < -0.4 is 4.74 Å². The Morgan fingerprint density at radius 2 is 2.26 bits per heavy atom. The molecule has 2 fully saturated rings. The molecule has 2 aromatic heterocycles. The van der Waals surface area contributed by atoms with Crippen molar-refractivity contribution >= 4 is 26.6 Å². The number of aliphatic hydroxyl groups excluding tert-OH is 1. The molecule has 1 unspecified atom stereocenters. The second-order valence-electron chi connectivity index (χ2n) is 5.19. The van der Waals surface area contributed by atoms with Crippen molar-refractivity contribution < 1.29 is 28.5 Å². The molecule has 2 aliphatic heterocycles. The summed E-state index contributed by atoms with van der Waals surface area (Å²) in [6.45, 7) is 0.0317. The zero-order valence-corrected chi connectivity index (χ0v) is 12.9. The number of aliphatic hydroxyl groups is 1. The van der Waals surface area contributed by atoms with Crippen LogP contribution in [-0.2, 0) is 13.8 Å². The summed E-state index contributed by atoms with van der Waals surface area (Å²) in [5.74, 6) is 0.320. The van der Waals surface area contributed by atoms with Gasteiger partial charge in [-0.3, -0.25) is 4.57 Å². The van der Waals surface area contributed by atoms with Crippen LogP contribution >= 0.6 is 7.82 Å². The summed E-state index contributed by atoms with van der Waals surface area (Å²) in [5.41, 5.74) is 0.888. The minimum atomic E-state index is -3.42. The van der Waals surface area contributed by atoms with E-state index in [9.17, 15) is 10.00 Å². The van der Waals surface area contributed by atoms with Gasteiger partial charge in [-0.2, -0.15) is 14.0 Å². The summed E-state index contributed by atoms with van der Waals surface area (Å²) in [6.07, 6.45) is -0.429. The van der Waals surface area contributed by atoms with Gasteiger partial charge in [-0.25, -0.2) is 14.9 Å². The molecule has 0 aromatic carbocycles. The van der Waals surface area contributed by atoms with Gasteiger partial charge in [0.2, 0.25) is 5.88 Å². The van der Waals surface area contributed by atoms with E-state index >= 15 is 0 Å². The molecular weight excluding hydrogens is 326 g/mol. The Bertz CT molecular complexity index is 744. The van der Waals surface area contributed by atoms with Gasteiger partial charge in [0.05, 0.1) is 13.4 Å². The van der Waals surface area contributed by atoms with Crippen LogP contribution in [0.25, 0.3) is 11.2 Å². The van der Waals surface area contributed by atoms with Gasteiger partial charge in [0, 0.05) is 0 Å². The number of methoxy groups -OCH3 is 1. The molecular formula is C11H13BN4O6P+. The average molecular weight is 339 g/mol. The zero-order chi connectivity index (χ0) is 16.2. The molecule has 0 saturated carbocycles. The second kappa shape index (κ2) is 5.33. The lowest BCUT2D eigenvalue weighted by atomic mass is 10.1. The van der Waals surface area contributed by atoms with E-state index in [1.54, 1.807) is 4.57 Å². The van der Waals surface area contributed by atoms with Crippen molar-refractivity contribution in [3.8, 4) is 5.88 Å². The summed E-state index contributed by atoms with van der Waals surface area (Å²) >= 11 is 0.